The zero-order chi connectivity index (χ0) is 47.3. The molecule has 0 aliphatic carbocycles. The summed E-state index contributed by atoms with van der Waals surface area (Å²) in [7, 11) is 8.84. The van der Waals surface area contributed by atoms with Gasteiger partial charge in [0.25, 0.3) is 0 Å². The number of aliphatic hydroxyl groups excluding tert-OH is 1. The predicted molar refractivity (Wildman–Crippen MR) is 266 cm³/mol. The first kappa shape index (κ1) is 95.5. The molecule has 0 heterocycles. The maximum absolute atomic E-state index is 14.1. The summed E-state index contributed by atoms with van der Waals surface area (Å²) >= 11 is 21.5. The van der Waals surface area contributed by atoms with Crippen molar-refractivity contribution in [3.05, 3.63) is 149 Å². The summed E-state index contributed by atoms with van der Waals surface area (Å²) in [5, 5.41) is 32.1. The van der Waals surface area contributed by atoms with Gasteiger partial charge in [-0.1, -0.05) is 53.6 Å². The molecule has 0 fully saturated rings. The van der Waals surface area contributed by atoms with Crippen molar-refractivity contribution in [3.8, 4) is 34.5 Å². The molecule has 0 bridgehead atoms. The normalized spacial score (nSPS) is 9.43. The minimum absolute atomic E-state index is 0. The number of carboxylic acids is 1. The van der Waals surface area contributed by atoms with Crippen LogP contribution in [0.1, 0.15) is 72.5 Å². The molecule has 0 spiro atoms. The summed E-state index contributed by atoms with van der Waals surface area (Å²) in [6, 6.07) is 17.9. The number of aromatic carboxylic acids is 1. The van der Waals surface area contributed by atoms with Crippen LogP contribution in [0.5, 0.6) is 34.5 Å². The number of carbonyl (C=O) groups is 1. The number of ether oxygens (including phenoxy) is 6. The van der Waals surface area contributed by atoms with Gasteiger partial charge in [0.05, 0.1) is 66.1 Å². The molecule has 2 unspecified atom stereocenters. The molecule has 5 aromatic rings. The van der Waals surface area contributed by atoms with Crippen LogP contribution in [-0.2, 0) is 0 Å². The van der Waals surface area contributed by atoms with Gasteiger partial charge >= 0.3 is 113 Å². The van der Waals surface area contributed by atoms with Crippen LogP contribution in [0.4, 0.5) is 8.78 Å². The third-order valence-corrected chi connectivity index (χ3v) is 10.3. The second-order valence-electron chi connectivity index (χ2n) is 12.2. The van der Waals surface area contributed by atoms with Gasteiger partial charge in [0.1, 0.15) is 57.8 Å². The molecule has 380 valence electrons. The molecule has 0 saturated carbocycles. The molecule has 0 aliphatic heterocycles. The fourth-order valence-corrected chi connectivity index (χ4v) is 7.21. The molecular formula is C45H48Br3Cl7F2Li2Mg3O10. The number of hydrogen-bond donors (Lipinski definition) is 2. The standard InChI is InChI=1S/C16H14ClFO5.C15H12BrClFO3.C8H8Br2O2.2C3H7.5ClH.2Li.3Mg/c1-22-12-7-13(23-2)10(16(20)21)6-9(12)15(19)8-4-3-5-11(17)14(8)18;1-20-12-7-13(21-2)10(16)6-9(12)15(19)8-4-3-5-11(17)14(8)18;1-11-7-4-8(12-2)6(10)3-5(7)9;2*1-3-2;;;;;;;;;;/h3-7,15,19H,1-2H3,(H,20,21);3-7,15H,1-2H3;3-4H,1-2H3;2*3H,1-2H3;5*1H;;;;;/q;-1;;2*-1;;;;;;2*+1;3*+2/p-5. The van der Waals surface area contributed by atoms with Crippen LogP contribution in [0.3, 0.4) is 0 Å². The van der Waals surface area contributed by atoms with Gasteiger partial charge < -0.3 is 119 Å². The summed E-state index contributed by atoms with van der Waals surface area (Å²) in [4.78, 5) is 11.3. The van der Waals surface area contributed by atoms with E-state index in [4.69, 9.17) is 51.6 Å². The SMILES string of the molecule is COc1cc(OC)c(Br)cc1Br.COc1cc(OC)c(C(O)c2cccc(Cl)c2F)cc1C(=O)O.COc1cc(OC)c(C([O-])c2cccc(Cl)c2F)cc1Br.C[CH-]C.C[CH-]C.[Cl-].[Cl-].[Cl-].[Cl-].[Cl-].[Li+].[Li+].[Mg+2].[Mg+2].[Mg+2]. The Bertz CT molecular complexity index is 2220. The first-order valence-electron chi connectivity index (χ1n) is 18.1. The molecule has 2 atom stereocenters. The van der Waals surface area contributed by atoms with E-state index in [1.54, 1.807) is 26.4 Å². The smallest absolute Gasteiger partial charge is 1.00 e. The minimum Gasteiger partial charge on any atom is -1.00 e. The van der Waals surface area contributed by atoms with E-state index in [-0.39, 0.29) is 213 Å². The molecule has 0 amide bonds. The Morgan fingerprint density at radius 1 is 0.542 bits per heavy atom. The number of carboxylic acid groups (broad SMARTS) is 1. The third-order valence-electron chi connectivity index (χ3n) is 7.83. The topological polar surface area (TPSA) is 136 Å². The third kappa shape index (κ3) is 29.4. The van der Waals surface area contributed by atoms with Crippen molar-refractivity contribution in [2.45, 2.75) is 39.9 Å². The molecular weight excluding hydrogens is 1310 g/mol. The van der Waals surface area contributed by atoms with Crippen LogP contribution in [0.15, 0.2) is 86.2 Å². The van der Waals surface area contributed by atoms with Crippen LogP contribution < -0.4 is 133 Å². The van der Waals surface area contributed by atoms with Crippen LogP contribution in [0, 0.1) is 24.5 Å². The minimum atomic E-state index is -1.46. The Morgan fingerprint density at radius 3 is 1.21 bits per heavy atom. The predicted octanol–water partition coefficient (Wildman–Crippen LogP) is -9.44. The monoisotopic (exact) mass is 1350 g/mol. The molecule has 0 aliphatic rings. The second-order valence-corrected chi connectivity index (χ2v) is 15.6. The molecule has 10 nitrogen and oxygen atoms in total. The van der Waals surface area contributed by atoms with E-state index < -0.39 is 29.8 Å². The maximum Gasteiger partial charge on any atom is 2.00 e. The largest absolute Gasteiger partial charge is 2.00 e. The number of methoxy groups -OCH3 is 6. The van der Waals surface area contributed by atoms with Gasteiger partial charge in [-0.15, -0.1) is 0 Å². The zero-order valence-corrected chi connectivity index (χ0v) is 55.8. The zero-order valence-electron chi connectivity index (χ0n) is 41.6. The molecule has 27 heteroatoms. The van der Waals surface area contributed by atoms with E-state index in [1.165, 1.54) is 77.0 Å². The van der Waals surface area contributed by atoms with E-state index in [0.29, 0.717) is 21.5 Å². The van der Waals surface area contributed by atoms with Gasteiger partial charge in [0.2, 0.25) is 0 Å². The molecule has 0 aromatic heterocycles. The van der Waals surface area contributed by atoms with Gasteiger partial charge in [-0.3, -0.25) is 0 Å². The Hall–Kier alpha value is 1.11. The Balaban J connectivity index is -0.0000000914. The summed E-state index contributed by atoms with van der Waals surface area (Å²) in [6.07, 6.45) is 1.09. The second kappa shape index (κ2) is 51.5. The fourth-order valence-electron chi connectivity index (χ4n) is 5.01. The Morgan fingerprint density at radius 2 is 0.847 bits per heavy atom. The fraction of sp³-hybridized carbons (Fsp3) is 0.267. The molecule has 2 N–H and O–H groups in total. The molecule has 0 saturated heterocycles. The van der Waals surface area contributed by atoms with E-state index in [1.807, 2.05) is 52.7 Å². The maximum atomic E-state index is 14.1. The Labute approximate surface area is 561 Å². The first-order chi connectivity index (χ1) is 29.4. The van der Waals surface area contributed by atoms with Crippen molar-refractivity contribution < 1.29 is 157 Å². The number of aliphatic hydroxyl groups is 1. The summed E-state index contributed by atoms with van der Waals surface area (Å²) in [6.45, 7) is 8.00. The summed E-state index contributed by atoms with van der Waals surface area (Å²) in [5.41, 5.74) is 0.0955. The average Bonchev–Trinajstić information content (AvgIpc) is 3.25. The molecule has 72 heavy (non-hydrogen) atoms. The van der Waals surface area contributed by atoms with E-state index in [2.05, 4.69) is 47.8 Å². The molecule has 5 rings (SSSR count). The molecule has 5 aromatic carbocycles. The van der Waals surface area contributed by atoms with Gasteiger partial charge in [-0.25, -0.2) is 13.6 Å². The first-order valence-corrected chi connectivity index (χ1v) is 21.2. The number of benzene rings is 5. The van der Waals surface area contributed by atoms with E-state index >= 15 is 0 Å². The quantitative estimate of drug-likeness (QED) is 0.0972. The summed E-state index contributed by atoms with van der Waals surface area (Å²) in [5.74, 6) is -0.140. The van der Waals surface area contributed by atoms with Crippen molar-refractivity contribution in [2.24, 2.45) is 0 Å². The average molecular weight is 1360 g/mol. The number of halogens is 12. The van der Waals surface area contributed by atoms with Gasteiger partial charge in [0, 0.05) is 29.3 Å². The van der Waals surface area contributed by atoms with Crippen LogP contribution in [0.2, 0.25) is 10.0 Å². The van der Waals surface area contributed by atoms with Gasteiger partial charge in [-0.2, -0.15) is 27.7 Å². The summed E-state index contributed by atoms with van der Waals surface area (Å²) < 4.78 is 61.2. The van der Waals surface area contributed by atoms with Gasteiger partial charge in [-0.05, 0) is 89.2 Å². The van der Waals surface area contributed by atoms with Crippen molar-refractivity contribution in [1.29, 1.82) is 0 Å². The van der Waals surface area contributed by atoms with E-state index in [9.17, 15) is 28.9 Å². The Kier molecular flexibility index (Phi) is 68.3. The van der Waals surface area contributed by atoms with Crippen molar-refractivity contribution in [1.82, 2.24) is 0 Å². The van der Waals surface area contributed by atoms with Gasteiger partial charge in [0.15, 0.2) is 0 Å². The van der Waals surface area contributed by atoms with Crippen LogP contribution >= 0.6 is 71.0 Å². The van der Waals surface area contributed by atoms with Crippen molar-refractivity contribution in [3.63, 3.8) is 0 Å². The number of rotatable bonds is 11. The molecule has 0 radical (unpaired) electrons. The number of hydrogen-bond acceptors (Lipinski definition) is 9. The van der Waals surface area contributed by atoms with Crippen LogP contribution in [0.25, 0.3) is 0 Å². The van der Waals surface area contributed by atoms with Crippen molar-refractivity contribution >= 4 is 146 Å². The van der Waals surface area contributed by atoms with Crippen molar-refractivity contribution in [2.75, 3.05) is 42.7 Å². The van der Waals surface area contributed by atoms with E-state index in [0.717, 1.165) is 20.4 Å². The van der Waals surface area contributed by atoms with Crippen LogP contribution in [-0.4, -0.2) is 128 Å².